The maximum absolute atomic E-state index is 12.2. The SMILES string of the molecule is NC(C1CCC(=O)C1)S(=O)(=O)c1ccccc1. The molecular formula is C12H15NO3S. The van der Waals surface area contributed by atoms with Crippen LogP contribution < -0.4 is 5.73 Å². The number of hydrogen-bond acceptors (Lipinski definition) is 4. The molecule has 2 atom stereocenters. The van der Waals surface area contributed by atoms with Crippen LogP contribution in [-0.2, 0) is 14.6 Å². The molecule has 1 saturated carbocycles. The first-order chi connectivity index (χ1) is 8.01. The van der Waals surface area contributed by atoms with E-state index in [1.807, 2.05) is 0 Å². The molecule has 17 heavy (non-hydrogen) atoms. The zero-order valence-corrected chi connectivity index (χ0v) is 10.2. The summed E-state index contributed by atoms with van der Waals surface area (Å²) < 4.78 is 24.4. The topological polar surface area (TPSA) is 77.2 Å². The number of rotatable bonds is 3. The van der Waals surface area contributed by atoms with Crippen molar-refractivity contribution in [2.45, 2.75) is 29.5 Å². The van der Waals surface area contributed by atoms with Crippen molar-refractivity contribution < 1.29 is 13.2 Å². The molecule has 4 nitrogen and oxygen atoms in total. The van der Waals surface area contributed by atoms with Crippen LogP contribution in [0.1, 0.15) is 19.3 Å². The molecule has 0 radical (unpaired) electrons. The maximum atomic E-state index is 12.2. The van der Waals surface area contributed by atoms with Crippen molar-refractivity contribution in [1.82, 2.24) is 0 Å². The number of hydrogen-bond donors (Lipinski definition) is 1. The Bertz CT molecular complexity index is 510. The molecule has 0 spiro atoms. The predicted octanol–water partition coefficient (Wildman–Crippen LogP) is 1.11. The van der Waals surface area contributed by atoms with Gasteiger partial charge in [-0.3, -0.25) is 4.79 Å². The summed E-state index contributed by atoms with van der Waals surface area (Å²) in [5.41, 5.74) is 5.81. The minimum atomic E-state index is -3.52. The number of sulfone groups is 1. The Kier molecular flexibility index (Phi) is 3.31. The average molecular weight is 253 g/mol. The van der Waals surface area contributed by atoms with E-state index < -0.39 is 15.2 Å². The van der Waals surface area contributed by atoms with Gasteiger partial charge in [0.2, 0.25) is 0 Å². The van der Waals surface area contributed by atoms with Crippen LogP contribution in [0.4, 0.5) is 0 Å². The van der Waals surface area contributed by atoms with E-state index in [4.69, 9.17) is 5.73 Å². The molecule has 0 aliphatic heterocycles. The minimum absolute atomic E-state index is 0.105. The molecule has 2 rings (SSSR count). The van der Waals surface area contributed by atoms with Gasteiger partial charge in [0.25, 0.3) is 0 Å². The second-order valence-corrected chi connectivity index (χ2v) is 6.47. The number of benzene rings is 1. The van der Waals surface area contributed by atoms with Crippen molar-refractivity contribution in [3.8, 4) is 0 Å². The fourth-order valence-corrected chi connectivity index (χ4v) is 3.73. The highest BCUT2D eigenvalue weighted by Gasteiger charge is 2.35. The van der Waals surface area contributed by atoms with E-state index in [2.05, 4.69) is 0 Å². The molecule has 1 aliphatic rings. The average Bonchev–Trinajstić information content (AvgIpc) is 2.76. The van der Waals surface area contributed by atoms with Gasteiger partial charge >= 0.3 is 0 Å². The largest absolute Gasteiger partial charge is 0.315 e. The van der Waals surface area contributed by atoms with Gasteiger partial charge in [0.15, 0.2) is 9.84 Å². The zero-order chi connectivity index (χ0) is 12.5. The molecule has 5 heteroatoms. The third-order valence-corrected chi connectivity index (χ3v) is 5.21. The fraction of sp³-hybridized carbons (Fsp3) is 0.417. The van der Waals surface area contributed by atoms with Crippen LogP contribution >= 0.6 is 0 Å². The molecule has 1 fully saturated rings. The second-order valence-electron chi connectivity index (χ2n) is 4.36. The number of Topliss-reactive ketones (excluding diaryl/α,β-unsaturated/α-hetero) is 1. The van der Waals surface area contributed by atoms with Crippen LogP contribution in [0.5, 0.6) is 0 Å². The molecule has 2 N–H and O–H groups in total. The van der Waals surface area contributed by atoms with Crippen LogP contribution in [-0.4, -0.2) is 19.6 Å². The minimum Gasteiger partial charge on any atom is -0.315 e. The standard InChI is InChI=1S/C12H15NO3S/c13-12(9-6-7-10(14)8-9)17(15,16)11-4-2-1-3-5-11/h1-5,9,12H,6-8,13H2. The Labute approximate surface area is 101 Å². The highest BCUT2D eigenvalue weighted by Crippen LogP contribution is 2.29. The van der Waals surface area contributed by atoms with Crippen LogP contribution in [0.3, 0.4) is 0 Å². The number of nitrogens with two attached hydrogens (primary N) is 1. The van der Waals surface area contributed by atoms with Gasteiger partial charge in [0, 0.05) is 12.8 Å². The van der Waals surface area contributed by atoms with Gasteiger partial charge in [0.05, 0.1) is 4.90 Å². The van der Waals surface area contributed by atoms with Gasteiger partial charge in [-0.1, -0.05) is 18.2 Å². The molecule has 92 valence electrons. The lowest BCUT2D eigenvalue weighted by Crippen LogP contribution is -2.37. The maximum Gasteiger partial charge on any atom is 0.194 e. The third kappa shape index (κ3) is 2.40. The van der Waals surface area contributed by atoms with E-state index in [-0.39, 0.29) is 23.0 Å². The lowest BCUT2D eigenvalue weighted by atomic mass is 10.1. The smallest absolute Gasteiger partial charge is 0.194 e. The quantitative estimate of drug-likeness (QED) is 0.875. The Morgan fingerprint density at radius 3 is 2.41 bits per heavy atom. The Morgan fingerprint density at radius 1 is 1.24 bits per heavy atom. The monoisotopic (exact) mass is 253 g/mol. The number of carbonyl (C=O) groups is 1. The van der Waals surface area contributed by atoms with E-state index in [0.717, 1.165) is 0 Å². The normalized spacial score (nSPS) is 22.6. The third-order valence-electron chi connectivity index (χ3n) is 3.18. The zero-order valence-electron chi connectivity index (χ0n) is 9.37. The van der Waals surface area contributed by atoms with Gasteiger partial charge in [-0.15, -0.1) is 0 Å². The summed E-state index contributed by atoms with van der Waals surface area (Å²) in [6, 6.07) is 8.15. The van der Waals surface area contributed by atoms with E-state index in [1.165, 1.54) is 12.1 Å². The van der Waals surface area contributed by atoms with E-state index >= 15 is 0 Å². The molecule has 1 aliphatic carbocycles. The number of ketones is 1. The Morgan fingerprint density at radius 2 is 1.88 bits per heavy atom. The van der Waals surface area contributed by atoms with Gasteiger partial charge < -0.3 is 5.73 Å². The summed E-state index contributed by atoms with van der Waals surface area (Å²) in [6.07, 6.45) is 1.31. The highest BCUT2D eigenvalue weighted by atomic mass is 32.2. The molecule has 1 aromatic rings. The highest BCUT2D eigenvalue weighted by molar-refractivity contribution is 7.92. The summed E-state index contributed by atoms with van der Waals surface area (Å²) in [7, 11) is -3.52. The van der Waals surface area contributed by atoms with Crippen molar-refractivity contribution in [2.24, 2.45) is 11.7 Å². The van der Waals surface area contributed by atoms with E-state index in [9.17, 15) is 13.2 Å². The summed E-state index contributed by atoms with van der Waals surface area (Å²) in [4.78, 5) is 11.4. The van der Waals surface area contributed by atoms with Gasteiger partial charge in [-0.05, 0) is 24.5 Å². The van der Waals surface area contributed by atoms with Crippen molar-refractivity contribution in [1.29, 1.82) is 0 Å². The Hall–Kier alpha value is -1.20. The first-order valence-electron chi connectivity index (χ1n) is 5.58. The van der Waals surface area contributed by atoms with Crippen molar-refractivity contribution in [2.75, 3.05) is 0 Å². The first kappa shape index (κ1) is 12.3. The molecule has 0 aromatic heterocycles. The summed E-state index contributed by atoms with van der Waals surface area (Å²) in [5.74, 6) is -0.138. The summed E-state index contributed by atoms with van der Waals surface area (Å²) >= 11 is 0. The fourth-order valence-electron chi connectivity index (χ4n) is 2.14. The molecule has 2 unspecified atom stereocenters. The molecule has 0 amide bonds. The van der Waals surface area contributed by atoms with E-state index in [1.54, 1.807) is 18.2 Å². The summed E-state index contributed by atoms with van der Waals surface area (Å²) in [6.45, 7) is 0. The lowest BCUT2D eigenvalue weighted by Gasteiger charge is -2.18. The van der Waals surface area contributed by atoms with Gasteiger partial charge in [-0.2, -0.15) is 0 Å². The first-order valence-corrected chi connectivity index (χ1v) is 7.12. The molecule has 1 aromatic carbocycles. The van der Waals surface area contributed by atoms with Gasteiger partial charge in [0.1, 0.15) is 11.2 Å². The van der Waals surface area contributed by atoms with Crippen LogP contribution in [0, 0.1) is 5.92 Å². The van der Waals surface area contributed by atoms with E-state index in [0.29, 0.717) is 12.8 Å². The molecule has 0 saturated heterocycles. The van der Waals surface area contributed by atoms with Crippen molar-refractivity contribution >= 4 is 15.6 Å². The Balaban J connectivity index is 2.24. The predicted molar refractivity (Wildman–Crippen MR) is 64.0 cm³/mol. The molecular weight excluding hydrogens is 238 g/mol. The number of carbonyl (C=O) groups excluding carboxylic acids is 1. The van der Waals surface area contributed by atoms with Crippen LogP contribution in [0.2, 0.25) is 0 Å². The van der Waals surface area contributed by atoms with Crippen LogP contribution in [0.15, 0.2) is 35.2 Å². The second kappa shape index (κ2) is 4.58. The van der Waals surface area contributed by atoms with Crippen LogP contribution in [0.25, 0.3) is 0 Å². The van der Waals surface area contributed by atoms with Crippen molar-refractivity contribution in [3.05, 3.63) is 30.3 Å². The lowest BCUT2D eigenvalue weighted by molar-refractivity contribution is -0.117. The summed E-state index contributed by atoms with van der Waals surface area (Å²) in [5, 5.41) is -0.976. The molecule has 0 heterocycles. The molecule has 0 bridgehead atoms. The van der Waals surface area contributed by atoms with Gasteiger partial charge in [-0.25, -0.2) is 8.42 Å². The van der Waals surface area contributed by atoms with Crippen molar-refractivity contribution in [3.63, 3.8) is 0 Å².